The fourth-order valence-corrected chi connectivity index (χ4v) is 1.21. The highest BCUT2D eigenvalue weighted by molar-refractivity contribution is 5.83. The normalized spacial score (nSPS) is 25.4. The van der Waals surface area contributed by atoms with E-state index in [-0.39, 0.29) is 24.0 Å². The number of epoxide rings is 1. The summed E-state index contributed by atoms with van der Waals surface area (Å²) in [5.74, 6) is -0.186. The number of esters is 1. The van der Waals surface area contributed by atoms with Crippen LogP contribution in [0.4, 0.5) is 0 Å². The summed E-state index contributed by atoms with van der Waals surface area (Å²) in [4.78, 5) is 21.6. The maximum Gasteiger partial charge on any atom is 0.305 e. The first-order valence-electron chi connectivity index (χ1n) is 4.46. The molecule has 0 amide bonds. The van der Waals surface area contributed by atoms with Gasteiger partial charge < -0.3 is 9.47 Å². The van der Waals surface area contributed by atoms with Crippen LogP contribution in [0, 0.1) is 0 Å². The molecule has 2 atom stereocenters. The van der Waals surface area contributed by atoms with Crippen molar-refractivity contribution < 1.29 is 19.1 Å². The van der Waals surface area contributed by atoms with Crippen LogP contribution in [-0.4, -0.2) is 30.6 Å². The molecule has 0 bridgehead atoms. The van der Waals surface area contributed by atoms with Crippen molar-refractivity contribution in [2.24, 2.45) is 0 Å². The standard InChI is InChI=1S/C9H14O4/c1-3-12-8(11)5-4-7-9(13-7)6(2)10/h7,9H,3-5H2,1-2H3/t7-,9-/m1/s1. The summed E-state index contributed by atoms with van der Waals surface area (Å²) < 4.78 is 9.79. The third kappa shape index (κ3) is 3.14. The Morgan fingerprint density at radius 2 is 2.15 bits per heavy atom. The molecule has 1 saturated heterocycles. The van der Waals surface area contributed by atoms with Crippen LogP contribution in [0.5, 0.6) is 0 Å². The lowest BCUT2D eigenvalue weighted by atomic mass is 10.1. The summed E-state index contributed by atoms with van der Waals surface area (Å²) in [5.41, 5.74) is 0. The van der Waals surface area contributed by atoms with Gasteiger partial charge in [-0.15, -0.1) is 0 Å². The van der Waals surface area contributed by atoms with Gasteiger partial charge in [-0.3, -0.25) is 9.59 Å². The Bertz CT molecular complexity index is 212. The smallest absolute Gasteiger partial charge is 0.305 e. The van der Waals surface area contributed by atoms with Gasteiger partial charge in [0.05, 0.1) is 12.7 Å². The number of carbonyl (C=O) groups excluding carboxylic acids is 2. The van der Waals surface area contributed by atoms with Gasteiger partial charge in [0.2, 0.25) is 0 Å². The van der Waals surface area contributed by atoms with Crippen molar-refractivity contribution >= 4 is 11.8 Å². The van der Waals surface area contributed by atoms with Crippen molar-refractivity contribution in [3.05, 3.63) is 0 Å². The second-order valence-corrected chi connectivity index (χ2v) is 3.05. The highest BCUT2D eigenvalue weighted by Gasteiger charge is 2.42. The topological polar surface area (TPSA) is 55.9 Å². The molecule has 0 aromatic heterocycles. The maximum atomic E-state index is 10.9. The zero-order valence-electron chi connectivity index (χ0n) is 7.91. The fraction of sp³-hybridized carbons (Fsp3) is 0.778. The van der Waals surface area contributed by atoms with Crippen molar-refractivity contribution in [1.82, 2.24) is 0 Å². The summed E-state index contributed by atoms with van der Waals surface area (Å²) in [7, 11) is 0. The molecule has 1 rings (SSSR count). The molecule has 0 aliphatic carbocycles. The fourth-order valence-electron chi connectivity index (χ4n) is 1.21. The Morgan fingerprint density at radius 3 is 2.62 bits per heavy atom. The molecule has 1 fully saturated rings. The second-order valence-electron chi connectivity index (χ2n) is 3.05. The van der Waals surface area contributed by atoms with Gasteiger partial charge >= 0.3 is 5.97 Å². The predicted octanol–water partition coefficient (Wildman–Crippen LogP) is 0.686. The lowest BCUT2D eigenvalue weighted by Crippen LogP contribution is -2.08. The SMILES string of the molecule is CCOC(=O)CC[C@H]1O[C@@H]1C(C)=O. The van der Waals surface area contributed by atoms with Crippen molar-refractivity contribution in [1.29, 1.82) is 0 Å². The van der Waals surface area contributed by atoms with Gasteiger partial charge in [-0.05, 0) is 20.3 Å². The van der Waals surface area contributed by atoms with Crippen LogP contribution < -0.4 is 0 Å². The van der Waals surface area contributed by atoms with Gasteiger partial charge in [0.1, 0.15) is 6.10 Å². The summed E-state index contributed by atoms with van der Waals surface area (Å²) in [6, 6.07) is 0. The van der Waals surface area contributed by atoms with Crippen LogP contribution in [0.15, 0.2) is 0 Å². The summed E-state index contributed by atoms with van der Waals surface area (Å²) in [5, 5.41) is 0. The summed E-state index contributed by atoms with van der Waals surface area (Å²) in [6.07, 6.45) is 0.599. The van der Waals surface area contributed by atoms with E-state index in [1.807, 2.05) is 0 Å². The van der Waals surface area contributed by atoms with Crippen LogP contribution in [-0.2, 0) is 19.1 Å². The van der Waals surface area contributed by atoms with Crippen molar-refractivity contribution in [3.63, 3.8) is 0 Å². The van der Waals surface area contributed by atoms with Crippen molar-refractivity contribution in [2.45, 2.75) is 38.9 Å². The first-order chi connectivity index (χ1) is 6.15. The largest absolute Gasteiger partial charge is 0.466 e. The molecular formula is C9H14O4. The highest BCUT2D eigenvalue weighted by atomic mass is 16.6. The number of hydrogen-bond donors (Lipinski definition) is 0. The third-order valence-corrected chi connectivity index (χ3v) is 1.92. The van der Waals surface area contributed by atoms with E-state index >= 15 is 0 Å². The average molecular weight is 186 g/mol. The average Bonchev–Trinajstić information content (AvgIpc) is 2.80. The molecule has 0 radical (unpaired) electrons. The molecule has 1 aliphatic heterocycles. The maximum absolute atomic E-state index is 10.9. The lowest BCUT2D eigenvalue weighted by Gasteiger charge is -1.98. The molecule has 1 heterocycles. The number of carbonyl (C=O) groups is 2. The Hall–Kier alpha value is -0.900. The van der Waals surface area contributed by atoms with Crippen LogP contribution in [0.1, 0.15) is 26.7 Å². The monoisotopic (exact) mass is 186 g/mol. The molecule has 0 aromatic rings. The number of ether oxygens (including phenoxy) is 2. The number of Topliss-reactive ketones (excluding diaryl/α,β-unsaturated/α-hetero) is 1. The predicted molar refractivity (Wildman–Crippen MR) is 45.2 cm³/mol. The van der Waals surface area contributed by atoms with Gasteiger partial charge in [-0.25, -0.2) is 0 Å². The molecule has 0 N–H and O–H groups in total. The quantitative estimate of drug-likeness (QED) is 0.468. The molecule has 4 heteroatoms. The number of hydrogen-bond acceptors (Lipinski definition) is 4. The second kappa shape index (κ2) is 4.37. The zero-order chi connectivity index (χ0) is 9.84. The van der Waals surface area contributed by atoms with E-state index in [1.54, 1.807) is 6.92 Å². The Kier molecular flexibility index (Phi) is 3.42. The Balaban J connectivity index is 2.09. The minimum Gasteiger partial charge on any atom is -0.466 e. The van der Waals surface area contributed by atoms with E-state index in [0.717, 1.165) is 0 Å². The van der Waals surface area contributed by atoms with E-state index in [2.05, 4.69) is 0 Å². The Morgan fingerprint density at radius 1 is 1.46 bits per heavy atom. The van der Waals surface area contributed by atoms with E-state index < -0.39 is 0 Å². The van der Waals surface area contributed by atoms with Crippen molar-refractivity contribution in [2.75, 3.05) is 6.61 Å². The van der Waals surface area contributed by atoms with E-state index in [0.29, 0.717) is 19.4 Å². The molecule has 0 aromatic carbocycles. The molecule has 4 nitrogen and oxygen atoms in total. The molecule has 0 unspecified atom stereocenters. The van der Waals surface area contributed by atoms with Gasteiger partial charge in [0, 0.05) is 6.42 Å². The summed E-state index contributed by atoms with van der Waals surface area (Å²) in [6.45, 7) is 3.67. The molecular weight excluding hydrogens is 172 g/mol. The zero-order valence-corrected chi connectivity index (χ0v) is 7.91. The van der Waals surface area contributed by atoms with Gasteiger partial charge in [0.15, 0.2) is 5.78 Å². The van der Waals surface area contributed by atoms with Crippen LogP contribution >= 0.6 is 0 Å². The Labute approximate surface area is 77.2 Å². The number of rotatable bonds is 5. The first-order valence-corrected chi connectivity index (χ1v) is 4.46. The molecule has 1 aliphatic rings. The van der Waals surface area contributed by atoms with Gasteiger partial charge in [-0.1, -0.05) is 0 Å². The van der Waals surface area contributed by atoms with Crippen molar-refractivity contribution in [3.8, 4) is 0 Å². The minimum absolute atomic E-state index is 0.0360. The van der Waals surface area contributed by atoms with E-state index in [1.165, 1.54) is 6.92 Å². The molecule has 0 saturated carbocycles. The van der Waals surface area contributed by atoms with E-state index in [9.17, 15) is 9.59 Å². The van der Waals surface area contributed by atoms with Gasteiger partial charge in [0.25, 0.3) is 0 Å². The van der Waals surface area contributed by atoms with E-state index in [4.69, 9.17) is 9.47 Å². The minimum atomic E-state index is -0.269. The summed E-state index contributed by atoms with van der Waals surface area (Å²) >= 11 is 0. The first kappa shape index (κ1) is 10.2. The van der Waals surface area contributed by atoms with Crippen LogP contribution in [0.2, 0.25) is 0 Å². The number of ketones is 1. The lowest BCUT2D eigenvalue weighted by molar-refractivity contribution is -0.143. The van der Waals surface area contributed by atoms with Crippen LogP contribution in [0.3, 0.4) is 0 Å². The molecule has 13 heavy (non-hydrogen) atoms. The van der Waals surface area contributed by atoms with Gasteiger partial charge in [-0.2, -0.15) is 0 Å². The highest BCUT2D eigenvalue weighted by Crippen LogP contribution is 2.27. The molecule has 0 spiro atoms. The molecule has 74 valence electrons. The van der Waals surface area contributed by atoms with Crippen LogP contribution in [0.25, 0.3) is 0 Å². The third-order valence-electron chi connectivity index (χ3n) is 1.92.